The molecule has 3 heteroatoms. The van der Waals surface area contributed by atoms with Gasteiger partial charge in [0.1, 0.15) is 0 Å². The third-order valence-electron chi connectivity index (χ3n) is 1.41. The van der Waals surface area contributed by atoms with Gasteiger partial charge in [0.2, 0.25) is 0 Å². The quantitative estimate of drug-likeness (QED) is 0.668. The predicted octanol–water partition coefficient (Wildman–Crippen LogP) is 2.64. The van der Waals surface area contributed by atoms with Crippen LogP contribution < -0.4 is 0 Å². The molecule has 0 heterocycles. The molecule has 0 atom stereocenters. The first-order valence-corrected chi connectivity index (χ1v) is 4.88. The van der Waals surface area contributed by atoms with E-state index in [2.05, 4.69) is 47.3 Å². The molecule has 1 aromatic carbocycles. The highest BCUT2D eigenvalue weighted by molar-refractivity contribution is 7.98. The fourth-order valence-corrected chi connectivity index (χ4v) is 1.36. The van der Waals surface area contributed by atoms with Crippen LogP contribution in [-0.4, -0.2) is 6.26 Å². The molecule has 0 fully saturated rings. The molecule has 0 aliphatic carbocycles. The minimum Gasteiger partial charge on any atom is -0.215 e. The lowest BCUT2D eigenvalue weighted by Gasteiger charge is -1.96. The molecule has 1 rings (SSSR count). The molecule has 1 aromatic rings. The van der Waals surface area contributed by atoms with Crippen molar-refractivity contribution in [3.63, 3.8) is 0 Å². The summed E-state index contributed by atoms with van der Waals surface area (Å²) < 4.78 is 3.64. The van der Waals surface area contributed by atoms with Gasteiger partial charge in [-0.1, -0.05) is 12.1 Å². The molecule has 1 nitrogen and oxygen atoms in total. The van der Waals surface area contributed by atoms with Crippen LogP contribution in [0.2, 0.25) is 0 Å². The zero-order chi connectivity index (χ0) is 8.10. The molecular formula is C8H9NS2. The molecule has 0 amide bonds. The maximum atomic E-state index is 4.52. The Hall–Kier alpha value is -0.410. The fraction of sp³-hybridized carbons (Fsp3) is 0.250. The largest absolute Gasteiger partial charge is 0.215 e. The summed E-state index contributed by atoms with van der Waals surface area (Å²) >= 11 is 6.25. The van der Waals surface area contributed by atoms with Crippen molar-refractivity contribution >= 4 is 24.2 Å². The molecule has 0 aliphatic heterocycles. The average molecular weight is 183 g/mol. The Balaban J connectivity index is 2.74. The number of rotatable bonds is 3. The van der Waals surface area contributed by atoms with Crippen molar-refractivity contribution in [3.8, 4) is 0 Å². The maximum Gasteiger partial charge on any atom is 0.0771 e. The van der Waals surface area contributed by atoms with Gasteiger partial charge in [-0.15, -0.1) is 11.8 Å². The van der Waals surface area contributed by atoms with E-state index in [9.17, 15) is 0 Å². The van der Waals surface area contributed by atoms with Crippen LogP contribution in [0.4, 0.5) is 0 Å². The first-order valence-electron chi connectivity index (χ1n) is 3.29. The molecular weight excluding hydrogens is 174 g/mol. The summed E-state index contributed by atoms with van der Waals surface area (Å²) in [6.45, 7) is 0.643. The summed E-state index contributed by atoms with van der Waals surface area (Å²) in [5.41, 5.74) is 1.18. The topological polar surface area (TPSA) is 12.4 Å². The SMILES string of the molecule is CSc1ccc(CN=S)cc1. The van der Waals surface area contributed by atoms with Gasteiger partial charge in [0, 0.05) is 17.3 Å². The highest BCUT2D eigenvalue weighted by Crippen LogP contribution is 2.14. The minimum atomic E-state index is 0.643. The number of hydrogen-bond donors (Lipinski definition) is 0. The predicted molar refractivity (Wildman–Crippen MR) is 51.7 cm³/mol. The number of hydrogen-bond acceptors (Lipinski definition) is 3. The van der Waals surface area contributed by atoms with Crippen LogP contribution in [0.1, 0.15) is 5.56 Å². The summed E-state index contributed by atoms with van der Waals surface area (Å²) in [5, 5.41) is 0. The van der Waals surface area contributed by atoms with E-state index in [1.165, 1.54) is 10.5 Å². The van der Waals surface area contributed by atoms with Crippen LogP contribution in [0.25, 0.3) is 0 Å². The molecule has 0 N–H and O–H groups in total. The van der Waals surface area contributed by atoms with Crippen LogP contribution in [0.15, 0.2) is 33.5 Å². The molecule has 0 aliphatic rings. The summed E-state index contributed by atoms with van der Waals surface area (Å²) in [6, 6.07) is 8.28. The Kier molecular flexibility index (Phi) is 3.52. The van der Waals surface area contributed by atoms with Crippen LogP contribution in [0, 0.1) is 0 Å². The van der Waals surface area contributed by atoms with Crippen LogP contribution in [-0.2, 0) is 19.0 Å². The zero-order valence-electron chi connectivity index (χ0n) is 6.28. The number of nitrogens with zero attached hydrogens (tertiary/aromatic N) is 1. The van der Waals surface area contributed by atoms with Gasteiger partial charge in [0.05, 0.1) is 6.54 Å². The van der Waals surface area contributed by atoms with Crippen molar-refractivity contribution in [2.75, 3.05) is 6.26 Å². The van der Waals surface area contributed by atoms with E-state index in [0.29, 0.717) is 6.54 Å². The Bertz CT molecular complexity index is 230. The molecule has 0 bridgehead atoms. The Morgan fingerprint density at radius 1 is 1.36 bits per heavy atom. The van der Waals surface area contributed by atoms with Gasteiger partial charge in [0.25, 0.3) is 0 Å². The molecule has 58 valence electrons. The first-order chi connectivity index (χ1) is 5.36. The van der Waals surface area contributed by atoms with Gasteiger partial charge in [-0.05, 0) is 24.0 Å². The summed E-state index contributed by atoms with van der Waals surface area (Å²) in [5.74, 6) is 0. The zero-order valence-corrected chi connectivity index (χ0v) is 7.91. The van der Waals surface area contributed by atoms with E-state index in [-0.39, 0.29) is 0 Å². The lowest BCUT2D eigenvalue weighted by atomic mass is 10.2. The van der Waals surface area contributed by atoms with Crippen LogP contribution in [0.5, 0.6) is 0 Å². The Morgan fingerprint density at radius 2 is 2.00 bits per heavy atom. The lowest BCUT2D eigenvalue weighted by molar-refractivity contribution is 1.09. The maximum absolute atomic E-state index is 4.52. The van der Waals surface area contributed by atoms with Crippen molar-refractivity contribution in [2.45, 2.75) is 11.4 Å². The average Bonchev–Trinajstić information content (AvgIpc) is 2.07. The summed E-state index contributed by atoms with van der Waals surface area (Å²) in [6.07, 6.45) is 2.06. The van der Waals surface area contributed by atoms with Gasteiger partial charge in [-0.2, -0.15) is 0 Å². The first kappa shape index (κ1) is 8.68. The van der Waals surface area contributed by atoms with E-state index < -0.39 is 0 Å². The molecule has 0 saturated carbocycles. The lowest BCUT2D eigenvalue weighted by Crippen LogP contribution is -1.78. The third-order valence-corrected chi connectivity index (χ3v) is 2.28. The van der Waals surface area contributed by atoms with Gasteiger partial charge < -0.3 is 0 Å². The van der Waals surface area contributed by atoms with Gasteiger partial charge in [0.15, 0.2) is 0 Å². The fourth-order valence-electron chi connectivity index (χ4n) is 0.805. The van der Waals surface area contributed by atoms with Gasteiger partial charge in [-0.3, -0.25) is 0 Å². The monoisotopic (exact) mass is 183 g/mol. The van der Waals surface area contributed by atoms with Crippen LogP contribution in [0.3, 0.4) is 0 Å². The third kappa shape index (κ3) is 2.60. The van der Waals surface area contributed by atoms with E-state index >= 15 is 0 Å². The Labute approximate surface area is 76.4 Å². The van der Waals surface area contributed by atoms with Gasteiger partial charge in [-0.25, -0.2) is 4.36 Å². The minimum absolute atomic E-state index is 0.643. The molecule has 0 spiro atoms. The van der Waals surface area contributed by atoms with Gasteiger partial charge >= 0.3 is 0 Å². The standard InChI is InChI=1S/C8H9NS2/c1-11-8-4-2-7(3-5-8)6-9-10/h2-5H,6H2,1H3. The molecule has 0 aromatic heterocycles. The molecule has 0 unspecified atom stereocenters. The van der Waals surface area contributed by atoms with E-state index in [0.717, 1.165) is 0 Å². The second-order valence-corrected chi connectivity index (χ2v) is 3.27. The second kappa shape index (κ2) is 4.46. The van der Waals surface area contributed by atoms with E-state index in [1.54, 1.807) is 11.8 Å². The normalized spacial score (nSPS) is 9.55. The Morgan fingerprint density at radius 3 is 2.45 bits per heavy atom. The van der Waals surface area contributed by atoms with Crippen molar-refractivity contribution in [3.05, 3.63) is 29.8 Å². The summed E-state index contributed by atoms with van der Waals surface area (Å²) in [7, 11) is 0. The molecule has 0 radical (unpaired) electrons. The van der Waals surface area contributed by atoms with E-state index in [4.69, 9.17) is 0 Å². The van der Waals surface area contributed by atoms with Crippen molar-refractivity contribution in [1.29, 1.82) is 0 Å². The van der Waals surface area contributed by atoms with Crippen LogP contribution >= 0.6 is 11.8 Å². The molecule has 11 heavy (non-hydrogen) atoms. The number of benzene rings is 1. The number of thioether (sulfide) groups is 1. The van der Waals surface area contributed by atoms with E-state index in [1.807, 2.05) is 0 Å². The molecule has 0 saturated heterocycles. The summed E-state index contributed by atoms with van der Waals surface area (Å²) in [4.78, 5) is 1.28. The van der Waals surface area contributed by atoms with Crippen molar-refractivity contribution in [2.24, 2.45) is 4.36 Å². The van der Waals surface area contributed by atoms with Crippen molar-refractivity contribution < 1.29 is 0 Å². The second-order valence-electron chi connectivity index (χ2n) is 2.14. The smallest absolute Gasteiger partial charge is 0.0771 e. The highest BCUT2D eigenvalue weighted by Gasteiger charge is 1.90. The van der Waals surface area contributed by atoms with Crippen molar-refractivity contribution in [1.82, 2.24) is 0 Å². The highest BCUT2D eigenvalue weighted by atomic mass is 32.2.